The number of hydrogen-bond donors (Lipinski definition) is 0. The van der Waals surface area contributed by atoms with Crippen LogP contribution in [0.4, 0.5) is 5.69 Å². The second-order valence-corrected chi connectivity index (χ2v) is 7.67. The van der Waals surface area contributed by atoms with E-state index in [0.29, 0.717) is 25.3 Å². The Morgan fingerprint density at radius 3 is 2.89 bits per heavy atom. The summed E-state index contributed by atoms with van der Waals surface area (Å²) < 4.78 is 7.30. The molecule has 0 spiro atoms. The highest BCUT2D eigenvalue weighted by atomic mass is 16.5. The number of likely N-dealkylation sites (tertiary alicyclic amines) is 1. The van der Waals surface area contributed by atoms with Crippen molar-refractivity contribution < 1.29 is 14.1 Å². The van der Waals surface area contributed by atoms with Gasteiger partial charge in [0.1, 0.15) is 0 Å². The normalized spacial score (nSPS) is 22.5. The van der Waals surface area contributed by atoms with Crippen molar-refractivity contribution in [1.29, 1.82) is 0 Å². The first kappa shape index (κ1) is 16.5. The zero-order valence-corrected chi connectivity index (χ0v) is 15.3. The number of rotatable bonds is 3. The van der Waals surface area contributed by atoms with Crippen LogP contribution in [0.3, 0.4) is 0 Å². The van der Waals surface area contributed by atoms with Crippen LogP contribution in [-0.2, 0) is 17.6 Å². The second kappa shape index (κ2) is 6.51. The molecule has 0 N–H and O–H groups in total. The first-order chi connectivity index (χ1) is 13.2. The molecular weight excluding hydrogens is 346 g/mol. The van der Waals surface area contributed by atoms with Crippen molar-refractivity contribution >= 4 is 17.5 Å². The summed E-state index contributed by atoms with van der Waals surface area (Å²) in [6, 6.07) is 0.124. The number of carbonyl (C=O) groups is 2. The molecule has 2 saturated heterocycles. The third-order valence-corrected chi connectivity index (χ3v) is 5.95. The van der Waals surface area contributed by atoms with Crippen LogP contribution in [0.1, 0.15) is 60.0 Å². The van der Waals surface area contributed by atoms with Gasteiger partial charge in [-0.3, -0.25) is 14.3 Å². The highest BCUT2D eigenvalue weighted by Gasteiger charge is 2.34. The number of carbonyl (C=O) groups excluding carboxylic acids is 2. The molecule has 2 fully saturated rings. The van der Waals surface area contributed by atoms with Gasteiger partial charge in [0.2, 0.25) is 11.7 Å². The largest absolute Gasteiger partial charge is 0.350 e. The van der Waals surface area contributed by atoms with Gasteiger partial charge in [-0.15, -0.1) is 0 Å². The lowest BCUT2D eigenvalue weighted by Gasteiger charge is -2.17. The van der Waals surface area contributed by atoms with Crippen LogP contribution in [0.25, 0.3) is 0 Å². The molecule has 142 valence electrons. The van der Waals surface area contributed by atoms with E-state index in [-0.39, 0.29) is 17.9 Å². The van der Waals surface area contributed by atoms with E-state index in [9.17, 15) is 9.59 Å². The average molecular weight is 369 g/mol. The summed E-state index contributed by atoms with van der Waals surface area (Å²) in [5, 5.41) is 8.56. The summed E-state index contributed by atoms with van der Waals surface area (Å²) in [6.07, 6.45) is 10.0. The van der Waals surface area contributed by atoms with Gasteiger partial charge in [-0.25, -0.2) is 0 Å². The van der Waals surface area contributed by atoms with E-state index >= 15 is 0 Å². The summed E-state index contributed by atoms with van der Waals surface area (Å²) in [6.45, 7) is 2.04. The minimum Gasteiger partial charge on any atom is -0.350 e. The van der Waals surface area contributed by atoms with Crippen LogP contribution >= 0.6 is 0 Å². The molecule has 4 heterocycles. The molecule has 1 aliphatic carbocycles. The summed E-state index contributed by atoms with van der Waals surface area (Å²) in [4.78, 5) is 28.5. The molecule has 2 aromatic rings. The van der Waals surface area contributed by atoms with Crippen LogP contribution in [0.2, 0.25) is 0 Å². The number of anilines is 1. The number of aryl methyl sites for hydroxylation is 1. The smallest absolute Gasteiger partial charge is 0.292 e. The van der Waals surface area contributed by atoms with E-state index < -0.39 is 0 Å². The number of aromatic nitrogens is 3. The summed E-state index contributed by atoms with van der Waals surface area (Å²) in [5.74, 6) is 0.525. The molecule has 2 aromatic heterocycles. The average Bonchev–Trinajstić information content (AvgIpc) is 3.45. The Labute approximate surface area is 157 Å². The van der Waals surface area contributed by atoms with Gasteiger partial charge in [0, 0.05) is 37.8 Å². The third-order valence-electron chi connectivity index (χ3n) is 5.95. The highest BCUT2D eigenvalue weighted by molar-refractivity contribution is 5.95. The highest BCUT2D eigenvalue weighted by Crippen LogP contribution is 2.29. The van der Waals surface area contributed by atoms with E-state index in [4.69, 9.17) is 4.52 Å². The summed E-state index contributed by atoms with van der Waals surface area (Å²) in [5.41, 5.74) is 2.81. The van der Waals surface area contributed by atoms with Crippen molar-refractivity contribution in [3.8, 4) is 0 Å². The molecule has 3 aliphatic rings. The van der Waals surface area contributed by atoms with Crippen LogP contribution in [0.5, 0.6) is 0 Å². The Hall–Kier alpha value is -2.64. The van der Waals surface area contributed by atoms with Crippen molar-refractivity contribution in [3.05, 3.63) is 29.4 Å². The van der Waals surface area contributed by atoms with Gasteiger partial charge < -0.3 is 14.3 Å². The molecule has 8 heteroatoms. The predicted molar refractivity (Wildman–Crippen MR) is 96.5 cm³/mol. The molecule has 2 aliphatic heterocycles. The predicted octanol–water partition coefficient (Wildman–Crippen LogP) is 1.96. The van der Waals surface area contributed by atoms with Crippen LogP contribution in [0, 0.1) is 0 Å². The summed E-state index contributed by atoms with van der Waals surface area (Å²) in [7, 11) is 0. The lowest BCUT2D eigenvalue weighted by atomic mass is 9.96. The Bertz CT molecular complexity index is 886. The van der Waals surface area contributed by atoms with Crippen molar-refractivity contribution in [3.63, 3.8) is 0 Å². The Morgan fingerprint density at radius 1 is 1.15 bits per heavy atom. The Kier molecular flexibility index (Phi) is 3.98. The van der Waals surface area contributed by atoms with E-state index in [0.717, 1.165) is 62.0 Å². The molecule has 5 rings (SSSR count). The molecule has 1 unspecified atom stereocenters. The first-order valence-electron chi connectivity index (χ1n) is 9.82. The molecule has 1 atom stereocenters. The Morgan fingerprint density at radius 2 is 2.04 bits per heavy atom. The van der Waals surface area contributed by atoms with Gasteiger partial charge in [0.25, 0.3) is 5.91 Å². The monoisotopic (exact) mass is 369 g/mol. The van der Waals surface area contributed by atoms with E-state index in [1.165, 1.54) is 0 Å². The minimum absolute atomic E-state index is 0.0600. The second-order valence-electron chi connectivity index (χ2n) is 7.67. The van der Waals surface area contributed by atoms with Gasteiger partial charge in [-0.1, -0.05) is 5.16 Å². The van der Waals surface area contributed by atoms with Crippen LogP contribution in [-0.4, -0.2) is 51.3 Å². The van der Waals surface area contributed by atoms with Crippen molar-refractivity contribution in [2.24, 2.45) is 0 Å². The topological polar surface area (TPSA) is 84.5 Å². The van der Waals surface area contributed by atoms with Crippen LogP contribution in [0.15, 0.2) is 16.9 Å². The lowest BCUT2D eigenvalue weighted by molar-refractivity contribution is -0.117. The molecule has 0 saturated carbocycles. The van der Waals surface area contributed by atoms with Crippen molar-refractivity contribution in [2.75, 3.05) is 24.5 Å². The maximum Gasteiger partial charge on any atom is 0.292 e. The fourth-order valence-electron chi connectivity index (χ4n) is 4.43. The summed E-state index contributed by atoms with van der Waals surface area (Å²) >= 11 is 0. The molecular formula is C19H23N5O3. The molecule has 2 amide bonds. The van der Waals surface area contributed by atoms with Crippen molar-refractivity contribution in [1.82, 2.24) is 19.8 Å². The zero-order chi connectivity index (χ0) is 18.4. The molecule has 8 nitrogen and oxygen atoms in total. The number of hydrogen-bond acceptors (Lipinski definition) is 5. The zero-order valence-electron chi connectivity index (χ0n) is 15.3. The molecule has 0 aromatic carbocycles. The third kappa shape index (κ3) is 2.83. The lowest BCUT2D eigenvalue weighted by Crippen LogP contribution is -2.29. The standard InChI is InChI=1S/C19H23N5O3/c25-17-6-3-8-23(17)14-10-20-24(12-14)13-7-9-22(11-13)19(26)18-15-4-1-2-5-16(15)21-27-18/h10,12-13H,1-9,11H2. The van der Waals surface area contributed by atoms with E-state index in [2.05, 4.69) is 10.3 Å². The minimum atomic E-state index is -0.0600. The maximum atomic E-state index is 12.9. The van der Waals surface area contributed by atoms with Gasteiger partial charge in [0.15, 0.2) is 0 Å². The first-order valence-corrected chi connectivity index (χ1v) is 9.82. The SMILES string of the molecule is O=C(c1onc2c1CCCC2)N1CCC(n2cc(N3CCCC3=O)cn2)C1. The fraction of sp³-hybridized carbons (Fsp3) is 0.579. The quantitative estimate of drug-likeness (QED) is 0.826. The molecule has 27 heavy (non-hydrogen) atoms. The number of amides is 2. The van der Waals surface area contributed by atoms with Gasteiger partial charge in [-0.2, -0.15) is 5.10 Å². The van der Waals surface area contributed by atoms with Gasteiger partial charge >= 0.3 is 0 Å². The number of fused-ring (bicyclic) bond motifs is 1. The van der Waals surface area contributed by atoms with E-state index in [1.54, 1.807) is 11.1 Å². The molecule has 0 bridgehead atoms. The fourth-order valence-corrected chi connectivity index (χ4v) is 4.43. The van der Waals surface area contributed by atoms with E-state index in [1.807, 2.05) is 15.8 Å². The van der Waals surface area contributed by atoms with Gasteiger partial charge in [-0.05, 0) is 38.5 Å². The van der Waals surface area contributed by atoms with Crippen molar-refractivity contribution in [2.45, 2.75) is 51.0 Å². The maximum absolute atomic E-state index is 12.9. The van der Waals surface area contributed by atoms with Crippen LogP contribution < -0.4 is 4.90 Å². The van der Waals surface area contributed by atoms with Gasteiger partial charge in [0.05, 0.1) is 23.6 Å². The Balaban J connectivity index is 1.29. The number of nitrogens with zero attached hydrogens (tertiary/aromatic N) is 5. The molecule has 0 radical (unpaired) electrons.